The fraction of sp³-hybridized carbons (Fsp3) is 0.286. The monoisotopic (exact) mass is 260 g/mol. The van der Waals surface area contributed by atoms with E-state index in [0.29, 0.717) is 18.5 Å². The highest BCUT2D eigenvalue weighted by Crippen LogP contribution is 2.38. The molecule has 2 atom stereocenters. The van der Waals surface area contributed by atoms with E-state index in [9.17, 15) is 14.0 Å². The van der Waals surface area contributed by atoms with Crippen LogP contribution in [0.5, 0.6) is 0 Å². The highest BCUT2D eigenvalue weighted by Gasteiger charge is 2.47. The number of carbonyl (C=O) groups is 2. The van der Waals surface area contributed by atoms with E-state index in [1.54, 1.807) is 0 Å². The third kappa shape index (κ3) is 1.73. The first-order valence-corrected chi connectivity index (χ1v) is 6.17. The highest BCUT2D eigenvalue weighted by atomic mass is 19.1. The van der Waals surface area contributed by atoms with Crippen LogP contribution in [-0.2, 0) is 9.59 Å². The van der Waals surface area contributed by atoms with Crippen LogP contribution < -0.4 is 10.6 Å². The van der Waals surface area contributed by atoms with E-state index < -0.39 is 5.82 Å². The predicted molar refractivity (Wildman–Crippen MR) is 68.7 cm³/mol. The van der Waals surface area contributed by atoms with Gasteiger partial charge in [0.2, 0.25) is 11.8 Å². The highest BCUT2D eigenvalue weighted by molar-refractivity contribution is 6.22. The fourth-order valence-electron chi connectivity index (χ4n) is 2.73. The van der Waals surface area contributed by atoms with E-state index in [4.69, 9.17) is 5.73 Å². The summed E-state index contributed by atoms with van der Waals surface area (Å²) in [5.74, 6) is -1.56. The molecule has 1 heterocycles. The Morgan fingerprint density at radius 2 is 1.68 bits per heavy atom. The molecule has 1 aromatic carbocycles. The van der Waals surface area contributed by atoms with Crippen molar-refractivity contribution in [2.75, 3.05) is 10.6 Å². The third-order valence-corrected chi connectivity index (χ3v) is 3.75. The van der Waals surface area contributed by atoms with Gasteiger partial charge in [0.15, 0.2) is 0 Å². The van der Waals surface area contributed by atoms with Crippen LogP contribution in [0, 0.1) is 17.7 Å². The molecule has 3 rings (SSSR count). The Labute approximate surface area is 109 Å². The number of nitrogen functional groups attached to an aromatic ring is 1. The van der Waals surface area contributed by atoms with Crippen LogP contribution in [0.2, 0.25) is 0 Å². The summed E-state index contributed by atoms with van der Waals surface area (Å²) >= 11 is 0. The first-order chi connectivity index (χ1) is 9.09. The summed E-state index contributed by atoms with van der Waals surface area (Å²) in [6.07, 6.45) is 5.02. The lowest BCUT2D eigenvalue weighted by Gasteiger charge is -2.15. The molecule has 98 valence electrons. The van der Waals surface area contributed by atoms with Crippen LogP contribution in [0.25, 0.3) is 0 Å². The molecule has 1 aliphatic carbocycles. The summed E-state index contributed by atoms with van der Waals surface area (Å²) in [7, 11) is 0. The minimum atomic E-state index is -0.554. The number of carbonyl (C=O) groups excluding carboxylic acids is 2. The Bertz CT molecular complexity index is 571. The summed E-state index contributed by atoms with van der Waals surface area (Å²) in [4.78, 5) is 25.7. The van der Waals surface area contributed by atoms with Gasteiger partial charge in [0.05, 0.1) is 23.2 Å². The third-order valence-electron chi connectivity index (χ3n) is 3.75. The molecular weight excluding hydrogens is 247 g/mol. The largest absolute Gasteiger partial charge is 0.396 e. The van der Waals surface area contributed by atoms with Gasteiger partial charge in [-0.3, -0.25) is 9.59 Å². The van der Waals surface area contributed by atoms with Gasteiger partial charge in [0.1, 0.15) is 5.82 Å². The molecule has 2 aliphatic rings. The molecular formula is C14H13FN2O2. The van der Waals surface area contributed by atoms with Gasteiger partial charge in [-0.1, -0.05) is 12.2 Å². The molecule has 0 radical (unpaired) electrons. The van der Waals surface area contributed by atoms with E-state index in [2.05, 4.69) is 0 Å². The lowest BCUT2D eigenvalue weighted by atomic mass is 9.85. The SMILES string of the molecule is Nc1cc(N2C(=O)C3CC=CCC3C2=O)ccc1F. The van der Waals surface area contributed by atoms with Gasteiger partial charge in [-0.25, -0.2) is 9.29 Å². The zero-order valence-electron chi connectivity index (χ0n) is 10.2. The molecule has 0 spiro atoms. The smallest absolute Gasteiger partial charge is 0.238 e. The van der Waals surface area contributed by atoms with Crippen molar-refractivity contribution >= 4 is 23.2 Å². The van der Waals surface area contributed by atoms with Crippen molar-refractivity contribution in [2.24, 2.45) is 11.8 Å². The lowest BCUT2D eigenvalue weighted by Crippen LogP contribution is -2.30. The number of nitrogens with two attached hydrogens (primary N) is 1. The molecule has 1 aliphatic heterocycles. The van der Waals surface area contributed by atoms with Crippen molar-refractivity contribution in [3.63, 3.8) is 0 Å². The molecule has 4 nitrogen and oxygen atoms in total. The zero-order valence-corrected chi connectivity index (χ0v) is 10.2. The molecule has 1 fully saturated rings. The molecule has 2 amide bonds. The second-order valence-electron chi connectivity index (χ2n) is 4.87. The van der Waals surface area contributed by atoms with Gasteiger partial charge < -0.3 is 5.73 Å². The Balaban J connectivity index is 1.99. The maximum Gasteiger partial charge on any atom is 0.238 e. The second-order valence-corrected chi connectivity index (χ2v) is 4.87. The number of nitrogens with zero attached hydrogens (tertiary/aromatic N) is 1. The number of hydrogen-bond donors (Lipinski definition) is 1. The number of allylic oxidation sites excluding steroid dienone is 2. The van der Waals surface area contributed by atoms with E-state index in [-0.39, 0.29) is 29.3 Å². The first kappa shape index (κ1) is 11.9. The van der Waals surface area contributed by atoms with Crippen molar-refractivity contribution in [3.8, 4) is 0 Å². The van der Waals surface area contributed by atoms with Crippen molar-refractivity contribution in [1.29, 1.82) is 0 Å². The van der Waals surface area contributed by atoms with Crippen molar-refractivity contribution in [1.82, 2.24) is 0 Å². The first-order valence-electron chi connectivity index (χ1n) is 6.17. The molecule has 0 saturated carbocycles. The van der Waals surface area contributed by atoms with Crippen molar-refractivity contribution < 1.29 is 14.0 Å². The van der Waals surface area contributed by atoms with E-state index in [1.165, 1.54) is 18.2 Å². The Morgan fingerprint density at radius 3 is 2.21 bits per heavy atom. The Hall–Kier alpha value is -2.17. The van der Waals surface area contributed by atoms with Gasteiger partial charge in [0, 0.05) is 0 Å². The second kappa shape index (κ2) is 4.19. The standard InChI is InChI=1S/C14H13FN2O2/c15-11-6-5-8(7-12(11)16)17-13(18)9-3-1-2-4-10(9)14(17)19/h1-2,5-7,9-10H,3-4,16H2. The summed E-state index contributed by atoms with van der Waals surface area (Å²) in [6.45, 7) is 0. The average molecular weight is 260 g/mol. The number of amides is 2. The maximum atomic E-state index is 13.2. The average Bonchev–Trinajstić information content (AvgIpc) is 2.66. The Morgan fingerprint density at radius 1 is 1.11 bits per heavy atom. The molecule has 1 saturated heterocycles. The van der Waals surface area contributed by atoms with Crippen LogP contribution in [0.1, 0.15) is 12.8 Å². The maximum absolute atomic E-state index is 13.2. The quantitative estimate of drug-likeness (QED) is 0.476. The number of fused-ring (bicyclic) bond motifs is 1. The molecule has 19 heavy (non-hydrogen) atoms. The van der Waals surface area contributed by atoms with Crippen LogP contribution in [0.15, 0.2) is 30.4 Å². The molecule has 1 aromatic rings. The summed E-state index contributed by atoms with van der Waals surface area (Å²) in [5, 5.41) is 0. The minimum Gasteiger partial charge on any atom is -0.396 e. The summed E-state index contributed by atoms with van der Waals surface area (Å²) in [5.41, 5.74) is 5.78. The van der Waals surface area contributed by atoms with Gasteiger partial charge in [-0.05, 0) is 31.0 Å². The van der Waals surface area contributed by atoms with Crippen LogP contribution in [0.4, 0.5) is 15.8 Å². The van der Waals surface area contributed by atoms with Crippen molar-refractivity contribution in [2.45, 2.75) is 12.8 Å². The minimum absolute atomic E-state index is 0.0638. The molecule has 5 heteroatoms. The van der Waals surface area contributed by atoms with Gasteiger partial charge >= 0.3 is 0 Å². The Kier molecular flexibility index (Phi) is 2.62. The number of imide groups is 1. The molecule has 2 unspecified atom stereocenters. The predicted octanol–water partition coefficient (Wildman–Crippen LogP) is 1.86. The van der Waals surface area contributed by atoms with Gasteiger partial charge in [0.25, 0.3) is 0 Å². The van der Waals surface area contributed by atoms with E-state index >= 15 is 0 Å². The summed E-state index contributed by atoms with van der Waals surface area (Å²) < 4.78 is 13.2. The number of rotatable bonds is 1. The number of benzene rings is 1. The number of hydrogen-bond acceptors (Lipinski definition) is 3. The van der Waals surface area contributed by atoms with Crippen LogP contribution >= 0.6 is 0 Å². The molecule has 0 aromatic heterocycles. The number of anilines is 2. The van der Waals surface area contributed by atoms with Gasteiger partial charge in [-0.15, -0.1) is 0 Å². The van der Waals surface area contributed by atoms with E-state index in [1.807, 2.05) is 12.2 Å². The zero-order chi connectivity index (χ0) is 13.6. The molecule has 0 bridgehead atoms. The topological polar surface area (TPSA) is 63.4 Å². The fourth-order valence-corrected chi connectivity index (χ4v) is 2.73. The number of halogens is 1. The lowest BCUT2D eigenvalue weighted by molar-refractivity contribution is -0.122. The molecule has 2 N–H and O–H groups in total. The van der Waals surface area contributed by atoms with Crippen LogP contribution in [0.3, 0.4) is 0 Å². The van der Waals surface area contributed by atoms with E-state index in [0.717, 1.165) is 4.90 Å². The summed E-state index contributed by atoms with van der Waals surface area (Å²) in [6, 6.07) is 3.91. The van der Waals surface area contributed by atoms with Gasteiger partial charge in [-0.2, -0.15) is 0 Å². The van der Waals surface area contributed by atoms with Crippen molar-refractivity contribution in [3.05, 3.63) is 36.2 Å². The normalized spacial score (nSPS) is 25.8. The van der Waals surface area contributed by atoms with Crippen LogP contribution in [-0.4, -0.2) is 11.8 Å².